The van der Waals surface area contributed by atoms with Crippen LogP contribution in [0.3, 0.4) is 0 Å². The summed E-state index contributed by atoms with van der Waals surface area (Å²) in [7, 11) is -2.14. The average Bonchev–Trinajstić information content (AvgIpc) is 2.69. The molecular formula is C21H27FN2O4S. The van der Waals surface area contributed by atoms with Gasteiger partial charge < -0.3 is 10.1 Å². The molecule has 1 N–H and O–H groups in total. The average molecular weight is 423 g/mol. The molecule has 29 heavy (non-hydrogen) atoms. The first-order chi connectivity index (χ1) is 13.7. The van der Waals surface area contributed by atoms with Gasteiger partial charge in [0.25, 0.3) is 0 Å². The molecule has 2 aromatic carbocycles. The number of hydrogen-bond acceptors (Lipinski definition) is 4. The third-order valence-corrected chi connectivity index (χ3v) is 6.75. The number of sulfonamides is 1. The quantitative estimate of drug-likeness (QED) is 0.673. The SMILES string of the molecule is CCN(CC)S(=O)(=O)c1ccc([C@H](C)NC(=O)Cc2ccc(OC)c(F)c2)cc1. The molecule has 0 heterocycles. The minimum atomic E-state index is -3.52. The lowest BCUT2D eigenvalue weighted by molar-refractivity contribution is -0.121. The Morgan fingerprint density at radius 2 is 1.76 bits per heavy atom. The fourth-order valence-electron chi connectivity index (χ4n) is 3.02. The van der Waals surface area contributed by atoms with Crippen molar-refractivity contribution < 1.29 is 22.3 Å². The van der Waals surface area contributed by atoms with Gasteiger partial charge in [-0.05, 0) is 42.3 Å². The van der Waals surface area contributed by atoms with Gasteiger partial charge in [0.1, 0.15) is 0 Å². The summed E-state index contributed by atoms with van der Waals surface area (Å²) in [5, 5.41) is 2.84. The first-order valence-corrected chi connectivity index (χ1v) is 10.9. The van der Waals surface area contributed by atoms with Crippen LogP contribution < -0.4 is 10.1 Å². The number of carbonyl (C=O) groups excluding carboxylic acids is 1. The van der Waals surface area contributed by atoms with Crippen LogP contribution in [0.25, 0.3) is 0 Å². The summed E-state index contributed by atoms with van der Waals surface area (Å²) >= 11 is 0. The lowest BCUT2D eigenvalue weighted by atomic mass is 10.1. The van der Waals surface area contributed by atoms with Crippen LogP contribution in [0.4, 0.5) is 4.39 Å². The van der Waals surface area contributed by atoms with E-state index in [1.165, 1.54) is 23.5 Å². The largest absolute Gasteiger partial charge is 0.494 e. The van der Waals surface area contributed by atoms with E-state index in [0.717, 1.165) is 5.56 Å². The molecule has 0 aliphatic heterocycles. The lowest BCUT2D eigenvalue weighted by Crippen LogP contribution is -2.30. The van der Waals surface area contributed by atoms with E-state index in [9.17, 15) is 17.6 Å². The van der Waals surface area contributed by atoms with Crippen molar-refractivity contribution in [2.45, 2.75) is 38.1 Å². The van der Waals surface area contributed by atoms with Crippen LogP contribution >= 0.6 is 0 Å². The number of methoxy groups -OCH3 is 1. The van der Waals surface area contributed by atoms with Gasteiger partial charge in [-0.25, -0.2) is 12.8 Å². The number of ether oxygens (including phenoxy) is 1. The van der Waals surface area contributed by atoms with Crippen molar-refractivity contribution >= 4 is 15.9 Å². The number of benzene rings is 2. The summed E-state index contributed by atoms with van der Waals surface area (Å²) < 4.78 is 45.1. The maximum absolute atomic E-state index is 13.8. The maximum atomic E-state index is 13.8. The van der Waals surface area contributed by atoms with Gasteiger partial charge in [0.2, 0.25) is 15.9 Å². The Morgan fingerprint density at radius 1 is 1.14 bits per heavy atom. The van der Waals surface area contributed by atoms with Crippen molar-refractivity contribution in [2.75, 3.05) is 20.2 Å². The Kier molecular flexibility index (Phi) is 7.75. The highest BCUT2D eigenvalue weighted by Crippen LogP contribution is 2.20. The van der Waals surface area contributed by atoms with E-state index in [1.807, 2.05) is 0 Å². The second-order valence-electron chi connectivity index (χ2n) is 6.59. The van der Waals surface area contributed by atoms with E-state index >= 15 is 0 Å². The Hall–Kier alpha value is -2.45. The van der Waals surface area contributed by atoms with E-state index in [2.05, 4.69) is 5.32 Å². The highest BCUT2D eigenvalue weighted by Gasteiger charge is 2.21. The van der Waals surface area contributed by atoms with Gasteiger partial charge in [0.15, 0.2) is 11.6 Å². The van der Waals surface area contributed by atoms with Crippen molar-refractivity contribution in [1.29, 1.82) is 0 Å². The number of halogens is 1. The first-order valence-electron chi connectivity index (χ1n) is 9.44. The van der Waals surface area contributed by atoms with Crippen LogP contribution in [0.15, 0.2) is 47.4 Å². The molecule has 0 unspecified atom stereocenters. The molecule has 8 heteroatoms. The van der Waals surface area contributed by atoms with E-state index in [0.29, 0.717) is 18.7 Å². The lowest BCUT2D eigenvalue weighted by Gasteiger charge is -2.19. The molecule has 0 aliphatic rings. The molecule has 1 atom stereocenters. The normalized spacial score (nSPS) is 12.6. The Morgan fingerprint density at radius 3 is 2.28 bits per heavy atom. The second kappa shape index (κ2) is 9.84. The van der Waals surface area contributed by atoms with Gasteiger partial charge in [-0.15, -0.1) is 0 Å². The van der Waals surface area contributed by atoms with Gasteiger partial charge >= 0.3 is 0 Å². The Labute approximate surface area is 171 Å². The van der Waals surface area contributed by atoms with Crippen molar-refractivity contribution in [1.82, 2.24) is 9.62 Å². The number of amides is 1. The van der Waals surface area contributed by atoms with Gasteiger partial charge in [-0.1, -0.05) is 32.0 Å². The predicted molar refractivity (Wildman–Crippen MR) is 110 cm³/mol. The van der Waals surface area contributed by atoms with Crippen LogP contribution in [0, 0.1) is 5.82 Å². The molecule has 1 amide bonds. The zero-order valence-electron chi connectivity index (χ0n) is 17.1. The fraction of sp³-hybridized carbons (Fsp3) is 0.381. The molecule has 0 fully saturated rings. The summed E-state index contributed by atoms with van der Waals surface area (Å²) in [6.45, 7) is 6.20. The van der Waals surface area contributed by atoms with Crippen LogP contribution in [0.5, 0.6) is 5.75 Å². The summed E-state index contributed by atoms with van der Waals surface area (Å²) in [4.78, 5) is 12.5. The van der Waals surface area contributed by atoms with Crippen molar-refractivity contribution in [3.8, 4) is 5.75 Å². The van der Waals surface area contributed by atoms with Gasteiger partial charge in [-0.3, -0.25) is 4.79 Å². The van der Waals surface area contributed by atoms with Crippen LogP contribution in [-0.4, -0.2) is 38.8 Å². The second-order valence-corrected chi connectivity index (χ2v) is 8.53. The smallest absolute Gasteiger partial charge is 0.243 e. The first kappa shape index (κ1) is 22.8. The molecule has 0 saturated carbocycles. The van der Waals surface area contributed by atoms with Crippen LogP contribution in [0.1, 0.15) is 37.9 Å². The molecular weight excluding hydrogens is 395 g/mol. The minimum absolute atomic E-state index is 0.0275. The summed E-state index contributed by atoms with van der Waals surface area (Å²) in [6, 6.07) is 10.5. The number of carbonyl (C=O) groups is 1. The van der Waals surface area contributed by atoms with Crippen molar-refractivity contribution in [2.24, 2.45) is 0 Å². The van der Waals surface area contributed by atoms with Crippen LogP contribution in [0.2, 0.25) is 0 Å². The van der Waals surface area contributed by atoms with Gasteiger partial charge in [0.05, 0.1) is 24.5 Å². The summed E-state index contributed by atoms with van der Waals surface area (Å²) in [5.41, 5.74) is 1.31. The van der Waals surface area contributed by atoms with E-state index in [4.69, 9.17) is 4.74 Å². The van der Waals surface area contributed by atoms with Crippen molar-refractivity contribution in [3.63, 3.8) is 0 Å². The molecule has 0 aromatic heterocycles. The van der Waals surface area contributed by atoms with E-state index in [-0.39, 0.29) is 29.0 Å². The highest BCUT2D eigenvalue weighted by atomic mass is 32.2. The zero-order chi connectivity index (χ0) is 21.6. The monoisotopic (exact) mass is 422 g/mol. The molecule has 2 aromatic rings. The van der Waals surface area contributed by atoms with Crippen molar-refractivity contribution in [3.05, 3.63) is 59.4 Å². The standard InChI is InChI=1S/C21H27FN2O4S/c1-5-24(6-2)29(26,27)18-10-8-17(9-11-18)15(3)23-21(25)14-16-7-12-20(28-4)19(22)13-16/h7-13,15H,5-6,14H2,1-4H3,(H,23,25)/t15-/m0/s1. The third-order valence-electron chi connectivity index (χ3n) is 4.68. The number of rotatable bonds is 9. The molecule has 2 rings (SSSR count). The number of nitrogens with zero attached hydrogens (tertiary/aromatic N) is 1. The molecule has 0 bridgehead atoms. The molecule has 0 saturated heterocycles. The summed E-state index contributed by atoms with van der Waals surface area (Å²) in [6.07, 6.45) is 0.0275. The van der Waals surface area contributed by atoms with Gasteiger partial charge in [-0.2, -0.15) is 4.31 Å². The fourth-order valence-corrected chi connectivity index (χ4v) is 4.48. The number of nitrogens with one attached hydrogen (secondary N) is 1. The van der Waals surface area contributed by atoms with E-state index < -0.39 is 15.8 Å². The molecule has 0 radical (unpaired) electrons. The molecule has 6 nitrogen and oxygen atoms in total. The van der Waals surface area contributed by atoms with E-state index in [1.54, 1.807) is 51.1 Å². The third kappa shape index (κ3) is 5.55. The summed E-state index contributed by atoms with van der Waals surface area (Å²) in [5.74, 6) is -0.653. The molecule has 0 aliphatic carbocycles. The zero-order valence-corrected chi connectivity index (χ0v) is 17.9. The Bertz CT molecular complexity index is 942. The minimum Gasteiger partial charge on any atom is -0.494 e. The molecule has 158 valence electrons. The molecule has 0 spiro atoms. The predicted octanol–water partition coefficient (Wildman–Crippen LogP) is 3.28. The topological polar surface area (TPSA) is 75.7 Å². The number of hydrogen-bond donors (Lipinski definition) is 1. The van der Waals surface area contributed by atoms with Crippen LogP contribution in [-0.2, 0) is 21.2 Å². The van der Waals surface area contributed by atoms with Gasteiger partial charge in [0, 0.05) is 13.1 Å². The highest BCUT2D eigenvalue weighted by molar-refractivity contribution is 7.89. The maximum Gasteiger partial charge on any atom is 0.243 e. The Balaban J connectivity index is 2.04.